The minimum Gasteiger partial charge on any atom is -0.272 e. The molecular weight excluding hydrogens is 204 g/mol. The average molecular weight is 214 g/mol. The summed E-state index contributed by atoms with van der Waals surface area (Å²) in [6, 6.07) is 0. The Morgan fingerprint density at radius 1 is 1.36 bits per heavy atom. The van der Waals surface area contributed by atoms with Crippen LogP contribution in [0.25, 0.3) is 0 Å². The Balaban J connectivity index is 2.31. The van der Waals surface area contributed by atoms with Crippen molar-refractivity contribution < 1.29 is 13.2 Å². The molecule has 1 fully saturated rings. The van der Waals surface area contributed by atoms with Gasteiger partial charge in [-0.05, 0) is 18.9 Å². The molecule has 2 rings (SSSR count). The van der Waals surface area contributed by atoms with E-state index in [1.54, 1.807) is 6.08 Å². The van der Waals surface area contributed by atoms with Crippen LogP contribution >= 0.6 is 0 Å². The van der Waals surface area contributed by atoms with Crippen LogP contribution in [0, 0.1) is 0 Å². The summed E-state index contributed by atoms with van der Waals surface area (Å²) in [4.78, 5) is 10.9. The molecule has 0 radical (unpaired) electrons. The van der Waals surface area contributed by atoms with Gasteiger partial charge in [0, 0.05) is 5.70 Å². The Morgan fingerprint density at radius 3 is 2.64 bits per heavy atom. The lowest BCUT2D eigenvalue weighted by atomic mass is 10.1. The number of allylic oxidation sites excluding steroid dienone is 3. The molecule has 1 aliphatic heterocycles. The molecule has 5 nitrogen and oxygen atoms in total. The topological polar surface area (TPSA) is 66.5 Å². The van der Waals surface area contributed by atoms with Crippen molar-refractivity contribution in [2.24, 2.45) is 0 Å². The van der Waals surface area contributed by atoms with E-state index in [0.717, 1.165) is 17.1 Å². The Kier molecular flexibility index (Phi) is 2.07. The summed E-state index contributed by atoms with van der Waals surface area (Å²) in [5.74, 6) is -0.482. The predicted octanol–water partition coefficient (Wildman–Crippen LogP) is -0.103. The zero-order valence-corrected chi connectivity index (χ0v) is 8.25. The molecule has 14 heavy (non-hydrogen) atoms. The lowest BCUT2D eigenvalue weighted by molar-refractivity contribution is -0.118. The highest BCUT2D eigenvalue weighted by atomic mass is 32.2. The summed E-state index contributed by atoms with van der Waals surface area (Å²) in [7, 11) is -3.62. The number of hydrogen-bond donors (Lipinski definition) is 1. The van der Waals surface area contributed by atoms with Crippen molar-refractivity contribution in [1.29, 1.82) is 0 Å². The van der Waals surface area contributed by atoms with E-state index in [-0.39, 0.29) is 6.54 Å². The van der Waals surface area contributed by atoms with Gasteiger partial charge in [0.05, 0.1) is 0 Å². The van der Waals surface area contributed by atoms with Gasteiger partial charge < -0.3 is 0 Å². The molecule has 0 aromatic heterocycles. The zero-order chi connectivity index (χ0) is 10.2. The minimum atomic E-state index is -3.62. The molecule has 2 aliphatic rings. The van der Waals surface area contributed by atoms with Crippen molar-refractivity contribution >= 4 is 16.1 Å². The molecule has 0 unspecified atom stereocenters. The molecule has 1 heterocycles. The van der Waals surface area contributed by atoms with E-state index in [0.29, 0.717) is 5.70 Å². The second-order valence-electron chi connectivity index (χ2n) is 3.15. The SMILES string of the molecule is O=C1CN(C2=CCCC=C2)S(=O)(=O)N1. The van der Waals surface area contributed by atoms with Crippen LogP contribution in [0.15, 0.2) is 23.9 Å². The third-order valence-electron chi connectivity index (χ3n) is 2.08. The number of nitrogens with zero attached hydrogens (tertiary/aromatic N) is 1. The maximum absolute atomic E-state index is 11.4. The summed E-state index contributed by atoms with van der Waals surface area (Å²) in [6.45, 7) is -0.113. The number of hydrogen-bond acceptors (Lipinski definition) is 3. The van der Waals surface area contributed by atoms with Crippen LogP contribution in [0.3, 0.4) is 0 Å². The van der Waals surface area contributed by atoms with Gasteiger partial charge in [0.2, 0.25) is 0 Å². The fraction of sp³-hybridized carbons (Fsp3) is 0.375. The van der Waals surface area contributed by atoms with E-state index in [2.05, 4.69) is 0 Å². The lowest BCUT2D eigenvalue weighted by Crippen LogP contribution is -2.28. The summed E-state index contributed by atoms with van der Waals surface area (Å²) in [6.07, 6.45) is 7.16. The molecule has 0 aromatic rings. The third kappa shape index (κ3) is 1.52. The summed E-state index contributed by atoms with van der Waals surface area (Å²) in [5.41, 5.74) is 0.578. The van der Waals surface area contributed by atoms with Crippen molar-refractivity contribution in [3.8, 4) is 0 Å². The molecule has 1 saturated heterocycles. The lowest BCUT2D eigenvalue weighted by Gasteiger charge is -2.17. The Morgan fingerprint density at radius 2 is 2.14 bits per heavy atom. The first-order chi connectivity index (χ1) is 6.59. The van der Waals surface area contributed by atoms with E-state index in [1.807, 2.05) is 16.9 Å². The molecule has 0 spiro atoms. The van der Waals surface area contributed by atoms with Crippen LogP contribution in [0.4, 0.5) is 0 Å². The molecule has 76 valence electrons. The Bertz CT molecular complexity index is 422. The standard InChI is InChI=1S/C8H10N2O3S/c11-8-6-10(14(12,13)9-8)7-4-2-1-3-5-7/h2,4-5H,1,3,6H2,(H,9,11). The fourth-order valence-corrected chi connectivity index (χ4v) is 2.62. The molecular formula is C8H10N2O3S. The average Bonchev–Trinajstić information content (AvgIpc) is 2.41. The van der Waals surface area contributed by atoms with E-state index in [4.69, 9.17) is 0 Å². The first-order valence-corrected chi connectivity index (χ1v) is 5.73. The number of rotatable bonds is 1. The monoisotopic (exact) mass is 214 g/mol. The van der Waals surface area contributed by atoms with Crippen LogP contribution in [-0.4, -0.2) is 25.2 Å². The summed E-state index contributed by atoms with van der Waals surface area (Å²) in [5, 5.41) is 0. The fourth-order valence-electron chi connectivity index (χ4n) is 1.46. The molecule has 1 amide bonds. The summed E-state index contributed by atoms with van der Waals surface area (Å²) < 4.78 is 25.8. The molecule has 1 aliphatic carbocycles. The van der Waals surface area contributed by atoms with Crippen LogP contribution in [-0.2, 0) is 15.0 Å². The van der Waals surface area contributed by atoms with Crippen LogP contribution < -0.4 is 4.72 Å². The third-order valence-corrected chi connectivity index (χ3v) is 3.49. The Labute approximate surface area is 82.3 Å². The highest BCUT2D eigenvalue weighted by Crippen LogP contribution is 2.19. The van der Waals surface area contributed by atoms with Gasteiger partial charge in [-0.3, -0.25) is 4.79 Å². The van der Waals surface area contributed by atoms with Crippen molar-refractivity contribution in [2.75, 3.05) is 6.54 Å². The van der Waals surface area contributed by atoms with E-state index >= 15 is 0 Å². The van der Waals surface area contributed by atoms with Gasteiger partial charge in [0.15, 0.2) is 0 Å². The maximum atomic E-state index is 11.4. The predicted molar refractivity (Wildman–Crippen MR) is 50.2 cm³/mol. The van der Waals surface area contributed by atoms with Gasteiger partial charge in [-0.25, -0.2) is 9.03 Å². The molecule has 0 aromatic carbocycles. The maximum Gasteiger partial charge on any atom is 0.326 e. The highest BCUT2D eigenvalue weighted by molar-refractivity contribution is 7.88. The number of carbonyl (C=O) groups is 1. The highest BCUT2D eigenvalue weighted by Gasteiger charge is 2.34. The van der Waals surface area contributed by atoms with E-state index < -0.39 is 16.1 Å². The van der Waals surface area contributed by atoms with Gasteiger partial charge >= 0.3 is 10.2 Å². The van der Waals surface area contributed by atoms with Gasteiger partial charge in [0.25, 0.3) is 5.91 Å². The van der Waals surface area contributed by atoms with E-state index in [9.17, 15) is 13.2 Å². The molecule has 0 saturated carbocycles. The molecule has 0 atom stereocenters. The molecule has 0 bridgehead atoms. The first-order valence-electron chi connectivity index (χ1n) is 4.29. The Hall–Kier alpha value is -1.30. The van der Waals surface area contributed by atoms with Gasteiger partial charge in [-0.1, -0.05) is 12.2 Å². The second kappa shape index (κ2) is 3.13. The second-order valence-corrected chi connectivity index (χ2v) is 4.74. The molecule has 1 N–H and O–H groups in total. The first kappa shape index (κ1) is 9.26. The molecule has 6 heteroatoms. The van der Waals surface area contributed by atoms with Crippen LogP contribution in [0.2, 0.25) is 0 Å². The smallest absolute Gasteiger partial charge is 0.272 e. The number of carbonyl (C=O) groups excluding carboxylic acids is 1. The van der Waals surface area contributed by atoms with Gasteiger partial charge in [0.1, 0.15) is 6.54 Å². The van der Waals surface area contributed by atoms with Crippen molar-refractivity contribution in [3.05, 3.63) is 23.9 Å². The van der Waals surface area contributed by atoms with Crippen molar-refractivity contribution in [1.82, 2.24) is 9.03 Å². The summed E-state index contributed by atoms with van der Waals surface area (Å²) >= 11 is 0. The van der Waals surface area contributed by atoms with Gasteiger partial charge in [-0.15, -0.1) is 0 Å². The number of amides is 1. The van der Waals surface area contributed by atoms with Gasteiger partial charge in [-0.2, -0.15) is 8.42 Å². The zero-order valence-electron chi connectivity index (χ0n) is 7.43. The largest absolute Gasteiger partial charge is 0.326 e. The van der Waals surface area contributed by atoms with E-state index in [1.165, 1.54) is 0 Å². The van der Waals surface area contributed by atoms with Crippen LogP contribution in [0.1, 0.15) is 12.8 Å². The normalized spacial score (nSPS) is 24.7. The minimum absolute atomic E-state index is 0.113. The van der Waals surface area contributed by atoms with Crippen molar-refractivity contribution in [3.63, 3.8) is 0 Å². The van der Waals surface area contributed by atoms with Crippen LogP contribution in [0.5, 0.6) is 0 Å². The van der Waals surface area contributed by atoms with Crippen molar-refractivity contribution in [2.45, 2.75) is 12.8 Å². The number of nitrogens with one attached hydrogen (secondary N) is 1. The quantitative estimate of drug-likeness (QED) is 0.662.